The van der Waals surface area contributed by atoms with Crippen LogP contribution >= 0.6 is 0 Å². The van der Waals surface area contributed by atoms with Crippen LogP contribution in [-0.4, -0.2) is 9.78 Å². The van der Waals surface area contributed by atoms with Gasteiger partial charge in [-0.1, -0.05) is 24.3 Å². The van der Waals surface area contributed by atoms with Gasteiger partial charge in [-0.3, -0.25) is 4.68 Å². The summed E-state index contributed by atoms with van der Waals surface area (Å²) < 4.78 is 2.09. The molecule has 20 heavy (non-hydrogen) atoms. The molecule has 1 aromatic heterocycles. The van der Waals surface area contributed by atoms with E-state index in [1.54, 1.807) is 0 Å². The van der Waals surface area contributed by atoms with Crippen molar-refractivity contribution in [1.82, 2.24) is 15.1 Å². The van der Waals surface area contributed by atoms with Crippen molar-refractivity contribution in [1.29, 1.82) is 0 Å². The highest BCUT2D eigenvalue weighted by molar-refractivity contribution is 5.32. The molecule has 0 radical (unpaired) electrons. The van der Waals surface area contributed by atoms with E-state index < -0.39 is 0 Å². The maximum absolute atomic E-state index is 4.51. The van der Waals surface area contributed by atoms with Gasteiger partial charge in [-0.05, 0) is 50.3 Å². The molecule has 2 aromatic rings. The summed E-state index contributed by atoms with van der Waals surface area (Å²) in [6.07, 6.45) is 3.73. The fourth-order valence-electron chi connectivity index (χ4n) is 3.21. The Morgan fingerprint density at radius 1 is 1.35 bits per heavy atom. The van der Waals surface area contributed by atoms with Crippen LogP contribution in [0.1, 0.15) is 48.3 Å². The van der Waals surface area contributed by atoms with Crippen molar-refractivity contribution < 1.29 is 0 Å². The number of benzene rings is 1. The molecule has 3 heteroatoms. The third-order valence-corrected chi connectivity index (χ3v) is 4.18. The van der Waals surface area contributed by atoms with Crippen molar-refractivity contribution in [3.8, 4) is 0 Å². The largest absolute Gasteiger partial charge is 0.304 e. The molecule has 1 aromatic carbocycles. The lowest BCUT2D eigenvalue weighted by molar-refractivity contribution is 0.447. The molecule has 0 aliphatic heterocycles. The normalized spacial score (nSPS) is 18.0. The number of nitrogens with one attached hydrogen (secondary N) is 1. The lowest BCUT2D eigenvalue weighted by atomic mass is 9.88. The highest BCUT2D eigenvalue weighted by Crippen LogP contribution is 2.29. The molecule has 1 N–H and O–H groups in total. The van der Waals surface area contributed by atoms with Gasteiger partial charge in [0.15, 0.2) is 0 Å². The minimum Gasteiger partial charge on any atom is -0.304 e. The molecule has 1 unspecified atom stereocenters. The van der Waals surface area contributed by atoms with Crippen LogP contribution in [0.4, 0.5) is 0 Å². The van der Waals surface area contributed by atoms with Gasteiger partial charge in [-0.15, -0.1) is 0 Å². The van der Waals surface area contributed by atoms with Crippen molar-refractivity contribution in [2.24, 2.45) is 0 Å². The predicted octanol–water partition coefficient (Wildman–Crippen LogP) is 3.38. The molecule has 0 bridgehead atoms. The number of aryl methyl sites for hydroxylation is 3. The van der Waals surface area contributed by atoms with E-state index >= 15 is 0 Å². The minimum atomic E-state index is 0.487. The molecular formula is C17H23N3. The molecule has 1 heterocycles. The smallest absolute Gasteiger partial charge is 0.0597 e. The van der Waals surface area contributed by atoms with Crippen LogP contribution in [0.5, 0.6) is 0 Å². The van der Waals surface area contributed by atoms with Gasteiger partial charge in [0.05, 0.1) is 11.4 Å². The zero-order valence-electron chi connectivity index (χ0n) is 12.4. The molecule has 0 spiro atoms. The van der Waals surface area contributed by atoms with Crippen LogP contribution in [0.3, 0.4) is 0 Å². The zero-order chi connectivity index (χ0) is 13.9. The summed E-state index contributed by atoms with van der Waals surface area (Å²) in [5.74, 6) is 0. The van der Waals surface area contributed by atoms with Gasteiger partial charge in [0.2, 0.25) is 0 Å². The second-order valence-corrected chi connectivity index (χ2v) is 5.62. The van der Waals surface area contributed by atoms with E-state index in [4.69, 9.17) is 0 Å². The van der Waals surface area contributed by atoms with Gasteiger partial charge in [-0.2, -0.15) is 5.10 Å². The Balaban J connectivity index is 1.73. The third-order valence-electron chi connectivity index (χ3n) is 4.18. The van der Waals surface area contributed by atoms with E-state index in [0.29, 0.717) is 6.04 Å². The lowest BCUT2D eigenvalue weighted by Gasteiger charge is -2.26. The fourth-order valence-corrected chi connectivity index (χ4v) is 3.21. The van der Waals surface area contributed by atoms with Crippen molar-refractivity contribution in [2.75, 3.05) is 0 Å². The Hall–Kier alpha value is -1.61. The summed E-state index contributed by atoms with van der Waals surface area (Å²) >= 11 is 0. The van der Waals surface area contributed by atoms with Crippen molar-refractivity contribution in [2.45, 2.75) is 52.2 Å². The van der Waals surface area contributed by atoms with E-state index in [-0.39, 0.29) is 0 Å². The van der Waals surface area contributed by atoms with Crippen molar-refractivity contribution in [3.63, 3.8) is 0 Å². The summed E-state index contributed by atoms with van der Waals surface area (Å²) in [5, 5.41) is 8.24. The van der Waals surface area contributed by atoms with E-state index in [2.05, 4.69) is 59.3 Å². The average Bonchev–Trinajstić information content (AvgIpc) is 2.85. The van der Waals surface area contributed by atoms with Crippen LogP contribution in [0, 0.1) is 6.92 Å². The van der Waals surface area contributed by atoms with Crippen molar-refractivity contribution >= 4 is 0 Å². The van der Waals surface area contributed by atoms with E-state index in [9.17, 15) is 0 Å². The van der Waals surface area contributed by atoms with E-state index in [1.165, 1.54) is 36.1 Å². The first kappa shape index (κ1) is 13.4. The Kier molecular flexibility index (Phi) is 3.88. The average molecular weight is 269 g/mol. The summed E-state index contributed by atoms with van der Waals surface area (Å²) in [7, 11) is 0. The Bertz CT molecular complexity index is 586. The molecular weight excluding hydrogens is 246 g/mol. The maximum atomic E-state index is 4.51. The quantitative estimate of drug-likeness (QED) is 0.922. The first-order chi connectivity index (χ1) is 9.78. The van der Waals surface area contributed by atoms with Gasteiger partial charge in [0.1, 0.15) is 0 Å². The third kappa shape index (κ3) is 2.63. The number of rotatable bonds is 4. The molecule has 0 fully saturated rings. The molecule has 1 atom stereocenters. The topological polar surface area (TPSA) is 29.9 Å². The molecule has 3 nitrogen and oxygen atoms in total. The standard InChI is InChI=1S/C17H23N3/c1-3-20-15(11-13(2)19-20)12-18-17-10-6-8-14-7-4-5-9-16(14)17/h4-5,7,9,11,17-18H,3,6,8,10,12H2,1-2H3. The maximum Gasteiger partial charge on any atom is 0.0597 e. The zero-order valence-corrected chi connectivity index (χ0v) is 12.4. The van der Waals surface area contributed by atoms with Gasteiger partial charge < -0.3 is 5.32 Å². The van der Waals surface area contributed by atoms with Crippen LogP contribution in [0.25, 0.3) is 0 Å². The van der Waals surface area contributed by atoms with Gasteiger partial charge in [0, 0.05) is 19.1 Å². The van der Waals surface area contributed by atoms with Gasteiger partial charge in [-0.25, -0.2) is 0 Å². The molecule has 1 aliphatic rings. The second kappa shape index (κ2) is 5.80. The Morgan fingerprint density at radius 2 is 2.20 bits per heavy atom. The highest BCUT2D eigenvalue weighted by atomic mass is 15.3. The number of nitrogens with zero attached hydrogens (tertiary/aromatic N) is 2. The predicted molar refractivity (Wildman–Crippen MR) is 81.6 cm³/mol. The first-order valence-electron chi connectivity index (χ1n) is 7.62. The SMILES string of the molecule is CCn1nc(C)cc1CNC1CCCc2ccccc21. The van der Waals surface area contributed by atoms with E-state index in [1.807, 2.05) is 0 Å². The monoisotopic (exact) mass is 269 g/mol. The van der Waals surface area contributed by atoms with Crippen molar-refractivity contribution in [3.05, 3.63) is 52.8 Å². The first-order valence-corrected chi connectivity index (χ1v) is 7.62. The molecule has 106 valence electrons. The summed E-state index contributed by atoms with van der Waals surface area (Å²) in [6, 6.07) is 11.5. The molecule has 0 saturated heterocycles. The number of fused-ring (bicyclic) bond motifs is 1. The van der Waals surface area contributed by atoms with E-state index in [0.717, 1.165) is 18.8 Å². The van der Waals surface area contributed by atoms with Crippen LogP contribution < -0.4 is 5.32 Å². The number of hydrogen-bond donors (Lipinski definition) is 1. The summed E-state index contributed by atoms with van der Waals surface area (Å²) in [4.78, 5) is 0. The summed E-state index contributed by atoms with van der Waals surface area (Å²) in [5.41, 5.74) is 5.38. The summed E-state index contributed by atoms with van der Waals surface area (Å²) in [6.45, 7) is 6.04. The Morgan fingerprint density at radius 3 is 3.05 bits per heavy atom. The van der Waals surface area contributed by atoms with Gasteiger partial charge >= 0.3 is 0 Å². The molecule has 0 saturated carbocycles. The fraction of sp³-hybridized carbons (Fsp3) is 0.471. The Labute approximate surface area is 121 Å². The molecule has 0 amide bonds. The number of hydrogen-bond acceptors (Lipinski definition) is 2. The van der Waals surface area contributed by atoms with Crippen LogP contribution in [-0.2, 0) is 19.5 Å². The lowest BCUT2D eigenvalue weighted by Crippen LogP contribution is -2.25. The van der Waals surface area contributed by atoms with Crippen LogP contribution in [0.2, 0.25) is 0 Å². The molecule has 3 rings (SSSR count). The van der Waals surface area contributed by atoms with Crippen LogP contribution in [0.15, 0.2) is 30.3 Å². The van der Waals surface area contributed by atoms with Gasteiger partial charge in [0.25, 0.3) is 0 Å². The number of aromatic nitrogens is 2. The highest BCUT2D eigenvalue weighted by Gasteiger charge is 2.19. The minimum absolute atomic E-state index is 0.487. The second-order valence-electron chi connectivity index (χ2n) is 5.62. The molecule has 1 aliphatic carbocycles.